The highest BCUT2D eigenvalue weighted by atomic mass is 32.2. The molecule has 2 heterocycles. The van der Waals surface area contributed by atoms with Crippen LogP contribution in [0.2, 0.25) is 0 Å². The molecule has 0 aliphatic carbocycles. The first kappa shape index (κ1) is 17.8. The second-order valence-electron chi connectivity index (χ2n) is 6.62. The first-order chi connectivity index (χ1) is 11.8. The number of rotatable bonds is 5. The molecule has 5 heteroatoms. The number of carbonyl (C=O) groups excluding carboxylic acids is 1. The fraction of sp³-hybridized carbons (Fsp3) is 0.632. The average Bonchev–Trinajstić information content (AvgIpc) is 2.67. The molecule has 2 aliphatic rings. The third-order valence-electron chi connectivity index (χ3n) is 5.11. The highest BCUT2D eigenvalue weighted by Gasteiger charge is 2.27. The molecule has 0 N–H and O–H groups in total. The van der Waals surface area contributed by atoms with Crippen LogP contribution in [0.1, 0.15) is 36.0 Å². The lowest BCUT2D eigenvalue weighted by molar-refractivity contribution is 0.0295. The molecule has 0 spiro atoms. The van der Waals surface area contributed by atoms with E-state index in [1.165, 1.54) is 11.3 Å². The van der Waals surface area contributed by atoms with Crippen molar-refractivity contribution in [3.63, 3.8) is 0 Å². The zero-order valence-corrected chi connectivity index (χ0v) is 15.4. The highest BCUT2D eigenvalue weighted by molar-refractivity contribution is 7.98. The number of benzene rings is 1. The predicted octanol–water partition coefficient (Wildman–Crippen LogP) is 3.13. The van der Waals surface area contributed by atoms with Gasteiger partial charge in [0.15, 0.2) is 0 Å². The van der Waals surface area contributed by atoms with Crippen LogP contribution in [0.3, 0.4) is 0 Å². The van der Waals surface area contributed by atoms with E-state index in [1.807, 2.05) is 24.3 Å². The molecule has 2 aliphatic heterocycles. The Morgan fingerprint density at radius 1 is 1.17 bits per heavy atom. The van der Waals surface area contributed by atoms with Crippen LogP contribution in [-0.4, -0.2) is 67.4 Å². The summed E-state index contributed by atoms with van der Waals surface area (Å²) < 4.78 is 5.42. The van der Waals surface area contributed by atoms with Gasteiger partial charge in [-0.3, -0.25) is 9.69 Å². The van der Waals surface area contributed by atoms with Crippen LogP contribution < -0.4 is 0 Å². The topological polar surface area (TPSA) is 32.8 Å². The van der Waals surface area contributed by atoms with Crippen molar-refractivity contribution in [2.24, 2.45) is 0 Å². The predicted molar refractivity (Wildman–Crippen MR) is 98.8 cm³/mol. The van der Waals surface area contributed by atoms with E-state index in [1.54, 1.807) is 11.8 Å². The van der Waals surface area contributed by atoms with Gasteiger partial charge < -0.3 is 9.64 Å². The SMILES string of the molecule is CSc1ccc(C(=O)N2CCCC[C@H]2CCN2CCOCC2)cc1. The highest BCUT2D eigenvalue weighted by Crippen LogP contribution is 2.23. The maximum atomic E-state index is 12.9. The molecule has 1 amide bonds. The number of nitrogens with zero attached hydrogens (tertiary/aromatic N) is 2. The summed E-state index contributed by atoms with van der Waals surface area (Å²) in [6, 6.07) is 8.42. The van der Waals surface area contributed by atoms with Gasteiger partial charge >= 0.3 is 0 Å². The van der Waals surface area contributed by atoms with Crippen LogP contribution in [0, 0.1) is 0 Å². The van der Waals surface area contributed by atoms with Crippen molar-refractivity contribution in [3.05, 3.63) is 29.8 Å². The molecular formula is C19H28N2O2S. The van der Waals surface area contributed by atoms with Crippen molar-refractivity contribution >= 4 is 17.7 Å². The van der Waals surface area contributed by atoms with Gasteiger partial charge in [0.2, 0.25) is 0 Å². The van der Waals surface area contributed by atoms with Crippen LogP contribution >= 0.6 is 11.8 Å². The molecule has 0 unspecified atom stereocenters. The fourth-order valence-electron chi connectivity index (χ4n) is 3.62. The van der Waals surface area contributed by atoms with E-state index >= 15 is 0 Å². The second kappa shape index (κ2) is 8.88. The molecule has 2 fully saturated rings. The minimum Gasteiger partial charge on any atom is -0.379 e. The van der Waals surface area contributed by atoms with E-state index in [9.17, 15) is 4.79 Å². The van der Waals surface area contributed by atoms with Gasteiger partial charge in [0.05, 0.1) is 13.2 Å². The summed E-state index contributed by atoms with van der Waals surface area (Å²) in [5, 5.41) is 0. The Labute approximate surface area is 149 Å². The normalized spacial score (nSPS) is 22.5. The number of ether oxygens (including phenoxy) is 1. The number of amides is 1. The zero-order valence-electron chi connectivity index (χ0n) is 14.6. The molecule has 2 saturated heterocycles. The largest absolute Gasteiger partial charge is 0.379 e. The number of hydrogen-bond acceptors (Lipinski definition) is 4. The molecule has 0 bridgehead atoms. The van der Waals surface area contributed by atoms with Crippen LogP contribution in [0.15, 0.2) is 29.2 Å². The van der Waals surface area contributed by atoms with Gasteiger partial charge in [-0.05, 0) is 56.2 Å². The van der Waals surface area contributed by atoms with Crippen molar-refractivity contribution in [1.29, 1.82) is 0 Å². The molecule has 132 valence electrons. The summed E-state index contributed by atoms with van der Waals surface area (Å²) in [4.78, 5) is 18.7. The van der Waals surface area contributed by atoms with Gasteiger partial charge in [0.25, 0.3) is 5.91 Å². The molecule has 0 saturated carbocycles. The van der Waals surface area contributed by atoms with Gasteiger partial charge in [0.1, 0.15) is 0 Å². The number of hydrogen-bond donors (Lipinski definition) is 0. The Kier molecular flexibility index (Phi) is 6.58. The van der Waals surface area contributed by atoms with Crippen LogP contribution in [0.4, 0.5) is 0 Å². The lowest BCUT2D eigenvalue weighted by atomic mass is 9.98. The second-order valence-corrected chi connectivity index (χ2v) is 7.50. The first-order valence-corrected chi connectivity index (χ1v) is 10.3. The zero-order chi connectivity index (χ0) is 16.8. The van der Waals surface area contributed by atoms with Crippen molar-refractivity contribution in [2.45, 2.75) is 36.6 Å². The minimum atomic E-state index is 0.203. The lowest BCUT2D eigenvalue weighted by Crippen LogP contribution is -2.46. The molecule has 0 aromatic heterocycles. The quantitative estimate of drug-likeness (QED) is 0.766. The summed E-state index contributed by atoms with van der Waals surface area (Å²) in [5.41, 5.74) is 0.825. The molecule has 24 heavy (non-hydrogen) atoms. The lowest BCUT2D eigenvalue weighted by Gasteiger charge is -2.37. The monoisotopic (exact) mass is 348 g/mol. The Bertz CT molecular complexity index is 529. The number of thioether (sulfide) groups is 1. The Hall–Kier alpha value is -1.04. The van der Waals surface area contributed by atoms with Crippen molar-refractivity contribution < 1.29 is 9.53 Å². The number of likely N-dealkylation sites (tertiary alicyclic amines) is 1. The summed E-state index contributed by atoms with van der Waals surface area (Å²) in [7, 11) is 0. The molecule has 1 aromatic carbocycles. The van der Waals surface area contributed by atoms with Crippen LogP contribution in [-0.2, 0) is 4.74 Å². The van der Waals surface area contributed by atoms with E-state index in [-0.39, 0.29) is 5.91 Å². The molecule has 1 atom stereocenters. The maximum Gasteiger partial charge on any atom is 0.254 e. The number of piperidine rings is 1. The van der Waals surface area contributed by atoms with Gasteiger partial charge in [-0.2, -0.15) is 0 Å². The number of carbonyl (C=O) groups is 1. The first-order valence-electron chi connectivity index (χ1n) is 9.03. The average molecular weight is 349 g/mol. The van der Waals surface area contributed by atoms with E-state index in [2.05, 4.69) is 16.1 Å². The maximum absolute atomic E-state index is 12.9. The molecule has 4 nitrogen and oxygen atoms in total. The third kappa shape index (κ3) is 4.52. The third-order valence-corrected chi connectivity index (χ3v) is 5.85. The summed E-state index contributed by atoms with van der Waals surface area (Å²) in [6.07, 6.45) is 6.64. The van der Waals surface area contributed by atoms with E-state index < -0.39 is 0 Å². The Morgan fingerprint density at radius 3 is 2.62 bits per heavy atom. The van der Waals surface area contributed by atoms with Crippen LogP contribution in [0.5, 0.6) is 0 Å². The molecule has 0 radical (unpaired) electrons. The van der Waals surface area contributed by atoms with E-state index in [4.69, 9.17) is 4.74 Å². The Morgan fingerprint density at radius 2 is 1.92 bits per heavy atom. The minimum absolute atomic E-state index is 0.203. The summed E-state index contributed by atoms with van der Waals surface area (Å²) >= 11 is 1.71. The molecule has 3 rings (SSSR count). The van der Waals surface area contributed by atoms with Crippen molar-refractivity contribution in [2.75, 3.05) is 45.6 Å². The van der Waals surface area contributed by atoms with E-state index in [0.717, 1.165) is 64.2 Å². The summed E-state index contributed by atoms with van der Waals surface area (Å²) in [5.74, 6) is 0.203. The standard InChI is InChI=1S/C19H28N2O2S/c1-24-18-7-5-16(6-8-18)19(22)21-10-3-2-4-17(21)9-11-20-12-14-23-15-13-20/h5-8,17H,2-4,9-15H2,1H3/t17-/m0/s1. The van der Waals surface area contributed by atoms with Gasteiger partial charge in [0, 0.05) is 42.7 Å². The molecular weight excluding hydrogens is 320 g/mol. The Balaban J connectivity index is 1.60. The smallest absolute Gasteiger partial charge is 0.254 e. The van der Waals surface area contributed by atoms with Gasteiger partial charge in [-0.15, -0.1) is 11.8 Å². The summed E-state index contributed by atoms with van der Waals surface area (Å²) in [6.45, 7) is 5.71. The molecule has 1 aromatic rings. The number of morpholine rings is 1. The van der Waals surface area contributed by atoms with Gasteiger partial charge in [-0.1, -0.05) is 0 Å². The van der Waals surface area contributed by atoms with Crippen molar-refractivity contribution in [1.82, 2.24) is 9.80 Å². The van der Waals surface area contributed by atoms with E-state index in [0.29, 0.717) is 6.04 Å². The fourth-order valence-corrected chi connectivity index (χ4v) is 4.03. The van der Waals surface area contributed by atoms with Crippen LogP contribution in [0.25, 0.3) is 0 Å². The van der Waals surface area contributed by atoms with Crippen molar-refractivity contribution in [3.8, 4) is 0 Å². The van der Waals surface area contributed by atoms with Gasteiger partial charge in [-0.25, -0.2) is 0 Å².